The Balaban J connectivity index is 2.51. The third-order valence-corrected chi connectivity index (χ3v) is 1.88. The fourth-order valence-corrected chi connectivity index (χ4v) is 1.11. The normalized spacial score (nSPS) is 10.7. The van der Waals surface area contributed by atoms with Crippen molar-refractivity contribution in [3.8, 4) is 0 Å². The van der Waals surface area contributed by atoms with Crippen LogP contribution in [0.5, 0.6) is 0 Å². The molecule has 0 saturated heterocycles. The average molecular weight is 266 g/mol. The van der Waals surface area contributed by atoms with E-state index in [9.17, 15) is 22.0 Å². The zero-order valence-corrected chi connectivity index (χ0v) is 8.27. The van der Waals surface area contributed by atoms with Crippen molar-refractivity contribution in [1.82, 2.24) is 10.2 Å². The van der Waals surface area contributed by atoms with Crippen molar-refractivity contribution in [2.45, 2.75) is 0 Å². The summed E-state index contributed by atoms with van der Waals surface area (Å²) < 4.78 is 69.2. The van der Waals surface area contributed by atoms with Gasteiger partial charge in [-0.15, -0.1) is 0 Å². The van der Waals surface area contributed by atoms with Crippen LogP contribution in [0.1, 0.15) is 0 Å². The number of anilines is 3. The molecule has 96 valence electrons. The molecule has 0 saturated carbocycles. The minimum Gasteiger partial charge on any atom is -0.389 e. The number of benzene rings is 1. The monoisotopic (exact) mass is 266 g/mol. The lowest BCUT2D eigenvalue weighted by Crippen LogP contribution is -2.06. The molecule has 0 aliphatic rings. The Bertz CT molecular complexity index is 585. The van der Waals surface area contributed by atoms with E-state index in [4.69, 9.17) is 5.73 Å². The first kappa shape index (κ1) is 12.1. The van der Waals surface area contributed by atoms with Crippen LogP contribution in [0.3, 0.4) is 0 Å². The molecule has 0 amide bonds. The molecule has 0 aliphatic carbocycles. The van der Waals surface area contributed by atoms with Crippen LogP contribution in [0.2, 0.25) is 0 Å². The van der Waals surface area contributed by atoms with Crippen LogP contribution in [-0.2, 0) is 0 Å². The fraction of sp³-hybridized carbons (Fsp3) is 0. The van der Waals surface area contributed by atoms with Gasteiger partial charge >= 0.3 is 12.0 Å². The molecule has 1 aromatic heterocycles. The molecule has 10 heteroatoms. The van der Waals surface area contributed by atoms with Crippen LogP contribution in [0.25, 0.3) is 0 Å². The number of nitrogen functional groups attached to an aromatic ring is 1. The van der Waals surface area contributed by atoms with Gasteiger partial charge < -0.3 is 15.5 Å². The number of hydrogen-bond acceptors (Lipinski definition) is 5. The van der Waals surface area contributed by atoms with Gasteiger partial charge in [0.1, 0.15) is 5.69 Å². The molecule has 18 heavy (non-hydrogen) atoms. The Morgan fingerprint density at radius 1 is 0.833 bits per heavy atom. The summed E-state index contributed by atoms with van der Waals surface area (Å²) in [5.41, 5.74) is 3.71. The van der Waals surface area contributed by atoms with Gasteiger partial charge in [0.2, 0.25) is 5.82 Å². The summed E-state index contributed by atoms with van der Waals surface area (Å²) in [6, 6.07) is -1.06. The van der Waals surface area contributed by atoms with Crippen molar-refractivity contribution in [1.29, 1.82) is 0 Å². The van der Waals surface area contributed by atoms with Gasteiger partial charge in [-0.3, -0.25) is 0 Å². The fourth-order valence-electron chi connectivity index (χ4n) is 1.11. The Morgan fingerprint density at radius 3 is 1.78 bits per heavy atom. The minimum atomic E-state index is -2.26. The highest BCUT2D eigenvalue weighted by Gasteiger charge is 2.26. The molecule has 3 N–H and O–H groups in total. The van der Waals surface area contributed by atoms with Crippen LogP contribution in [-0.4, -0.2) is 10.2 Å². The van der Waals surface area contributed by atoms with E-state index >= 15 is 0 Å². The van der Waals surface area contributed by atoms with Crippen LogP contribution in [0.4, 0.5) is 39.7 Å². The van der Waals surface area contributed by atoms with E-state index in [-0.39, 0.29) is 0 Å². The number of rotatable bonds is 2. The van der Waals surface area contributed by atoms with Gasteiger partial charge in [0, 0.05) is 0 Å². The molecule has 2 aromatic rings. The summed E-state index contributed by atoms with van der Waals surface area (Å²) in [6.07, 6.45) is 0. The number of halogens is 5. The van der Waals surface area contributed by atoms with Crippen molar-refractivity contribution < 1.29 is 26.4 Å². The highest BCUT2D eigenvalue weighted by molar-refractivity contribution is 5.55. The zero-order chi connectivity index (χ0) is 13.4. The first-order chi connectivity index (χ1) is 8.41. The Morgan fingerprint density at radius 2 is 1.33 bits per heavy atom. The summed E-state index contributed by atoms with van der Waals surface area (Å²) in [5, 5.41) is 8.03. The van der Waals surface area contributed by atoms with Crippen molar-refractivity contribution in [3.05, 3.63) is 29.1 Å². The lowest BCUT2D eigenvalue weighted by atomic mass is 10.2. The minimum absolute atomic E-state index is 0.443. The number of nitrogens with two attached hydrogens (primary N) is 1. The maximum Gasteiger partial charge on any atom is 0.321 e. The maximum atomic E-state index is 13.2. The quantitative estimate of drug-likeness (QED) is 0.494. The number of nitrogens with zero attached hydrogens (tertiary/aromatic N) is 2. The summed E-state index contributed by atoms with van der Waals surface area (Å²) in [7, 11) is 0. The molecule has 0 aliphatic heterocycles. The largest absolute Gasteiger partial charge is 0.389 e. The van der Waals surface area contributed by atoms with Gasteiger partial charge in [0.15, 0.2) is 23.3 Å². The van der Waals surface area contributed by atoms with Crippen molar-refractivity contribution in [3.63, 3.8) is 0 Å². The number of aromatic nitrogens is 2. The predicted octanol–water partition coefficient (Wildman–Crippen LogP) is 2.09. The topological polar surface area (TPSA) is 77.0 Å². The van der Waals surface area contributed by atoms with E-state index in [2.05, 4.69) is 14.6 Å². The standard InChI is InChI=1S/C8H3F5N4O/c9-1-2(10)4(12)6(5(13)3(1)11)15-8-17-16-7(14)18-8/h(H2,14,16)(H,15,17). The Hall–Kier alpha value is -2.39. The smallest absolute Gasteiger partial charge is 0.321 e. The Labute approximate surface area is 95.4 Å². The van der Waals surface area contributed by atoms with Crippen molar-refractivity contribution in [2.75, 3.05) is 11.1 Å². The molecular formula is C8H3F5N4O. The molecule has 1 aromatic carbocycles. The second-order valence-electron chi connectivity index (χ2n) is 3.02. The third-order valence-electron chi connectivity index (χ3n) is 1.88. The second-order valence-corrected chi connectivity index (χ2v) is 3.02. The van der Waals surface area contributed by atoms with Crippen LogP contribution >= 0.6 is 0 Å². The lowest BCUT2D eigenvalue weighted by molar-refractivity contribution is 0.381. The maximum absolute atomic E-state index is 13.2. The second kappa shape index (κ2) is 4.13. The van der Waals surface area contributed by atoms with Gasteiger partial charge in [-0.1, -0.05) is 10.2 Å². The van der Waals surface area contributed by atoms with Crippen molar-refractivity contribution >= 4 is 17.7 Å². The van der Waals surface area contributed by atoms with Gasteiger partial charge in [-0.05, 0) is 0 Å². The van der Waals surface area contributed by atoms with Crippen LogP contribution < -0.4 is 11.1 Å². The molecule has 0 bridgehead atoms. The van der Waals surface area contributed by atoms with Gasteiger partial charge in [0.25, 0.3) is 0 Å². The summed E-state index contributed by atoms with van der Waals surface area (Å²) in [5.74, 6) is -10.6. The highest BCUT2D eigenvalue weighted by atomic mass is 19.2. The van der Waals surface area contributed by atoms with Crippen molar-refractivity contribution in [2.24, 2.45) is 0 Å². The lowest BCUT2D eigenvalue weighted by Gasteiger charge is -2.07. The molecular weight excluding hydrogens is 263 g/mol. The molecule has 0 fully saturated rings. The highest BCUT2D eigenvalue weighted by Crippen LogP contribution is 2.29. The summed E-state index contributed by atoms with van der Waals surface area (Å²) >= 11 is 0. The van der Waals surface area contributed by atoms with E-state index in [1.807, 2.05) is 0 Å². The third kappa shape index (κ3) is 1.81. The molecule has 0 radical (unpaired) electrons. The van der Waals surface area contributed by atoms with E-state index < -0.39 is 46.8 Å². The molecule has 2 rings (SSSR count). The van der Waals surface area contributed by atoms with Gasteiger partial charge in [-0.2, -0.15) is 0 Å². The summed E-state index contributed by atoms with van der Waals surface area (Å²) in [4.78, 5) is 0. The predicted molar refractivity (Wildman–Crippen MR) is 48.2 cm³/mol. The first-order valence-electron chi connectivity index (χ1n) is 4.29. The number of hydrogen-bond donors (Lipinski definition) is 2. The summed E-state index contributed by atoms with van der Waals surface area (Å²) in [6.45, 7) is 0. The first-order valence-corrected chi connectivity index (χ1v) is 4.29. The average Bonchev–Trinajstić information content (AvgIpc) is 2.75. The molecule has 1 heterocycles. The Kier molecular flexibility index (Phi) is 2.77. The van der Waals surface area contributed by atoms with Gasteiger partial charge in [0.05, 0.1) is 0 Å². The van der Waals surface area contributed by atoms with E-state index in [0.29, 0.717) is 0 Å². The van der Waals surface area contributed by atoms with E-state index in [1.165, 1.54) is 0 Å². The molecule has 0 atom stereocenters. The molecule has 5 nitrogen and oxygen atoms in total. The van der Waals surface area contributed by atoms with Crippen LogP contribution in [0, 0.1) is 29.1 Å². The van der Waals surface area contributed by atoms with Crippen LogP contribution in [0.15, 0.2) is 4.42 Å². The number of nitrogens with one attached hydrogen (secondary N) is 1. The van der Waals surface area contributed by atoms with E-state index in [0.717, 1.165) is 0 Å². The molecule has 0 unspecified atom stereocenters. The van der Waals surface area contributed by atoms with Gasteiger partial charge in [-0.25, -0.2) is 22.0 Å². The molecule has 0 spiro atoms. The SMILES string of the molecule is Nc1nnc(Nc2c(F)c(F)c(F)c(F)c2F)o1. The zero-order valence-electron chi connectivity index (χ0n) is 8.27. The van der Waals surface area contributed by atoms with E-state index in [1.54, 1.807) is 5.32 Å².